The Bertz CT molecular complexity index is 589. The number of nitrogen functional groups attached to an aromatic ring is 1. The van der Waals surface area contributed by atoms with Crippen molar-refractivity contribution in [1.82, 2.24) is 14.2 Å². The molecule has 1 fully saturated rings. The SMILES string of the molecule is CC(C)(C)N1CCN(S(=O)(=O)c2ncccc2NN)CC1. The lowest BCUT2D eigenvalue weighted by molar-refractivity contribution is 0.0921. The molecule has 3 N–H and O–H groups in total. The molecule has 0 atom stereocenters. The van der Waals surface area contributed by atoms with Crippen molar-refractivity contribution >= 4 is 15.7 Å². The summed E-state index contributed by atoms with van der Waals surface area (Å²) >= 11 is 0. The molecule has 21 heavy (non-hydrogen) atoms. The van der Waals surface area contributed by atoms with Gasteiger partial charge in [0.25, 0.3) is 10.0 Å². The lowest BCUT2D eigenvalue weighted by atomic mass is 10.1. The lowest BCUT2D eigenvalue weighted by Crippen LogP contribution is -2.54. The van der Waals surface area contributed by atoms with Crippen LogP contribution in [0.5, 0.6) is 0 Å². The van der Waals surface area contributed by atoms with Gasteiger partial charge >= 0.3 is 0 Å². The second-order valence-corrected chi connectivity index (χ2v) is 7.92. The Morgan fingerprint density at radius 2 is 1.86 bits per heavy atom. The highest BCUT2D eigenvalue weighted by molar-refractivity contribution is 7.89. The molecule has 8 heteroatoms. The minimum absolute atomic E-state index is 0.0169. The summed E-state index contributed by atoms with van der Waals surface area (Å²) in [7, 11) is -3.62. The summed E-state index contributed by atoms with van der Waals surface area (Å²) in [5.74, 6) is 5.37. The first-order valence-electron chi connectivity index (χ1n) is 6.93. The van der Waals surface area contributed by atoms with Gasteiger partial charge in [0.15, 0.2) is 5.03 Å². The van der Waals surface area contributed by atoms with Gasteiger partial charge in [-0.15, -0.1) is 0 Å². The molecule has 0 aliphatic carbocycles. The van der Waals surface area contributed by atoms with Gasteiger partial charge in [-0.25, -0.2) is 13.4 Å². The average molecular weight is 313 g/mol. The number of sulfonamides is 1. The van der Waals surface area contributed by atoms with Crippen LogP contribution in [0.3, 0.4) is 0 Å². The number of piperazine rings is 1. The van der Waals surface area contributed by atoms with Crippen LogP contribution in [-0.4, -0.2) is 54.3 Å². The zero-order chi connectivity index (χ0) is 15.7. The van der Waals surface area contributed by atoms with Crippen LogP contribution >= 0.6 is 0 Å². The zero-order valence-electron chi connectivity index (χ0n) is 12.7. The summed E-state index contributed by atoms with van der Waals surface area (Å²) in [6.45, 7) is 8.73. The van der Waals surface area contributed by atoms with Gasteiger partial charge in [-0.1, -0.05) is 0 Å². The maximum Gasteiger partial charge on any atom is 0.262 e. The molecule has 2 heterocycles. The number of aromatic nitrogens is 1. The van der Waals surface area contributed by atoms with E-state index in [1.165, 1.54) is 10.5 Å². The molecular weight excluding hydrogens is 290 g/mol. The van der Waals surface area contributed by atoms with Crippen LogP contribution in [0.2, 0.25) is 0 Å². The van der Waals surface area contributed by atoms with Crippen molar-refractivity contribution in [3.05, 3.63) is 18.3 Å². The molecule has 2 rings (SSSR count). The molecule has 0 saturated carbocycles. The van der Waals surface area contributed by atoms with Crippen molar-refractivity contribution < 1.29 is 8.42 Å². The van der Waals surface area contributed by atoms with Gasteiger partial charge in [0.2, 0.25) is 0 Å². The van der Waals surface area contributed by atoms with Gasteiger partial charge in [-0.05, 0) is 32.9 Å². The van der Waals surface area contributed by atoms with Gasteiger partial charge in [0, 0.05) is 37.9 Å². The summed E-state index contributed by atoms with van der Waals surface area (Å²) in [4.78, 5) is 6.26. The molecule has 1 saturated heterocycles. The van der Waals surface area contributed by atoms with Crippen molar-refractivity contribution in [3.63, 3.8) is 0 Å². The van der Waals surface area contributed by atoms with E-state index in [0.717, 1.165) is 0 Å². The molecule has 0 bridgehead atoms. The van der Waals surface area contributed by atoms with Crippen molar-refractivity contribution in [1.29, 1.82) is 0 Å². The van der Waals surface area contributed by atoms with Gasteiger partial charge < -0.3 is 5.43 Å². The number of hydrogen-bond acceptors (Lipinski definition) is 6. The van der Waals surface area contributed by atoms with Crippen molar-refractivity contribution in [2.75, 3.05) is 31.6 Å². The summed E-state index contributed by atoms with van der Waals surface area (Å²) in [6.07, 6.45) is 1.46. The van der Waals surface area contributed by atoms with Crippen LogP contribution in [0.25, 0.3) is 0 Å². The highest BCUT2D eigenvalue weighted by Crippen LogP contribution is 2.24. The van der Waals surface area contributed by atoms with Gasteiger partial charge in [-0.2, -0.15) is 4.31 Å². The first-order chi connectivity index (χ1) is 9.76. The Morgan fingerprint density at radius 3 is 2.38 bits per heavy atom. The molecule has 7 nitrogen and oxygen atoms in total. The molecule has 0 aromatic carbocycles. The van der Waals surface area contributed by atoms with E-state index in [0.29, 0.717) is 31.9 Å². The van der Waals surface area contributed by atoms with E-state index in [4.69, 9.17) is 5.84 Å². The predicted molar refractivity (Wildman–Crippen MR) is 82.1 cm³/mol. The molecule has 0 radical (unpaired) electrons. The number of nitrogens with zero attached hydrogens (tertiary/aromatic N) is 3. The van der Waals surface area contributed by atoms with Crippen LogP contribution in [0.15, 0.2) is 23.4 Å². The largest absolute Gasteiger partial charge is 0.321 e. The molecule has 0 amide bonds. The predicted octanol–water partition coefficient (Wildman–Crippen LogP) is 0.472. The van der Waals surface area contributed by atoms with Crippen LogP contribution in [0.4, 0.5) is 5.69 Å². The lowest BCUT2D eigenvalue weighted by Gasteiger charge is -2.41. The van der Waals surface area contributed by atoms with Crippen LogP contribution in [0, 0.1) is 0 Å². The fourth-order valence-corrected chi connectivity index (χ4v) is 3.92. The fourth-order valence-electron chi connectivity index (χ4n) is 2.43. The number of nitrogens with two attached hydrogens (primary N) is 1. The number of hydrogen-bond donors (Lipinski definition) is 2. The van der Waals surface area contributed by atoms with E-state index in [2.05, 4.69) is 36.1 Å². The normalized spacial score (nSPS) is 18.7. The third kappa shape index (κ3) is 3.34. The second kappa shape index (κ2) is 5.88. The van der Waals surface area contributed by atoms with E-state index in [1.54, 1.807) is 12.1 Å². The Labute approximate surface area is 126 Å². The van der Waals surface area contributed by atoms with E-state index in [9.17, 15) is 8.42 Å². The molecule has 118 valence electrons. The zero-order valence-corrected chi connectivity index (χ0v) is 13.5. The van der Waals surface area contributed by atoms with E-state index < -0.39 is 10.0 Å². The van der Waals surface area contributed by atoms with Gasteiger partial charge in [0.1, 0.15) is 0 Å². The average Bonchev–Trinajstić information content (AvgIpc) is 2.46. The third-order valence-corrected chi connectivity index (χ3v) is 5.56. The minimum atomic E-state index is -3.62. The third-order valence-electron chi connectivity index (χ3n) is 3.70. The summed E-state index contributed by atoms with van der Waals surface area (Å²) in [5.41, 5.74) is 2.76. The fraction of sp³-hybridized carbons (Fsp3) is 0.615. The first kappa shape index (κ1) is 16.2. The maximum atomic E-state index is 12.7. The Hall–Kier alpha value is -1.22. The van der Waals surface area contributed by atoms with Crippen LogP contribution in [-0.2, 0) is 10.0 Å². The molecule has 1 aromatic heterocycles. The summed E-state index contributed by atoms with van der Waals surface area (Å²) < 4.78 is 26.8. The monoisotopic (exact) mass is 313 g/mol. The minimum Gasteiger partial charge on any atom is -0.321 e. The molecule has 0 spiro atoms. The summed E-state index contributed by atoms with van der Waals surface area (Å²) in [6, 6.07) is 3.25. The van der Waals surface area contributed by atoms with Gasteiger partial charge in [0.05, 0.1) is 5.69 Å². The number of anilines is 1. The molecular formula is C13H23N5O2S. The highest BCUT2D eigenvalue weighted by atomic mass is 32.2. The topological polar surface area (TPSA) is 91.6 Å². The van der Waals surface area contributed by atoms with Crippen molar-refractivity contribution in [3.8, 4) is 0 Å². The second-order valence-electron chi connectivity index (χ2n) is 6.06. The Balaban J connectivity index is 2.19. The quantitative estimate of drug-likeness (QED) is 0.623. The number of nitrogens with one attached hydrogen (secondary N) is 1. The Kier molecular flexibility index (Phi) is 4.52. The van der Waals surface area contributed by atoms with Crippen LogP contribution in [0.1, 0.15) is 20.8 Å². The number of hydrazine groups is 1. The first-order valence-corrected chi connectivity index (χ1v) is 8.37. The van der Waals surface area contributed by atoms with Crippen LogP contribution < -0.4 is 11.3 Å². The maximum absolute atomic E-state index is 12.7. The van der Waals surface area contributed by atoms with Crippen molar-refractivity contribution in [2.24, 2.45) is 5.84 Å². The number of rotatable bonds is 3. The van der Waals surface area contributed by atoms with E-state index >= 15 is 0 Å². The van der Waals surface area contributed by atoms with E-state index in [1.807, 2.05) is 0 Å². The smallest absolute Gasteiger partial charge is 0.262 e. The Morgan fingerprint density at radius 1 is 1.24 bits per heavy atom. The van der Waals surface area contributed by atoms with E-state index in [-0.39, 0.29) is 10.6 Å². The molecule has 0 unspecified atom stereocenters. The standard InChI is InChI=1S/C13H23N5O2S/c1-13(2,3)17-7-9-18(10-8-17)21(19,20)12-11(16-14)5-4-6-15-12/h4-6,16H,7-10,14H2,1-3H3. The molecule has 1 aliphatic rings. The van der Waals surface area contributed by atoms with Crippen molar-refractivity contribution in [2.45, 2.75) is 31.3 Å². The summed E-state index contributed by atoms with van der Waals surface area (Å²) in [5, 5.41) is -0.0169. The van der Waals surface area contributed by atoms with Gasteiger partial charge in [-0.3, -0.25) is 10.7 Å². The highest BCUT2D eigenvalue weighted by Gasteiger charge is 2.33. The molecule has 1 aliphatic heterocycles. The molecule has 1 aromatic rings. The number of pyridine rings is 1.